The van der Waals surface area contributed by atoms with E-state index in [9.17, 15) is 0 Å². The molecule has 1 unspecified atom stereocenters. The molecule has 96 valence electrons. The van der Waals surface area contributed by atoms with Crippen LogP contribution in [-0.2, 0) is 11.3 Å². The second-order valence-corrected chi connectivity index (χ2v) is 4.83. The van der Waals surface area contributed by atoms with Crippen LogP contribution in [0.5, 0.6) is 0 Å². The molecule has 1 atom stereocenters. The Kier molecular flexibility index (Phi) is 3.84. The highest BCUT2D eigenvalue weighted by Crippen LogP contribution is 2.42. The molecule has 1 aromatic heterocycles. The van der Waals surface area contributed by atoms with E-state index in [1.807, 2.05) is 25.0 Å². The third kappa shape index (κ3) is 2.24. The lowest BCUT2D eigenvalue weighted by Gasteiger charge is -2.35. The van der Waals surface area contributed by atoms with E-state index >= 15 is 0 Å². The molecule has 0 aromatic carbocycles. The van der Waals surface area contributed by atoms with Gasteiger partial charge in [-0.25, -0.2) is 0 Å². The van der Waals surface area contributed by atoms with Crippen LogP contribution in [0.1, 0.15) is 44.2 Å². The standard InChI is InChI=1S/C13H23N3O/c1-4-16-10-11(9-15-16)12(14-2)13(17-3)7-5-6-8-13/h9-10,12,14H,4-8H2,1-3H3. The fraction of sp³-hybridized carbons (Fsp3) is 0.769. The van der Waals surface area contributed by atoms with Crippen molar-refractivity contribution in [3.05, 3.63) is 18.0 Å². The van der Waals surface area contributed by atoms with Crippen molar-refractivity contribution >= 4 is 0 Å². The van der Waals surface area contributed by atoms with Gasteiger partial charge in [-0.15, -0.1) is 0 Å². The number of hydrogen-bond acceptors (Lipinski definition) is 3. The van der Waals surface area contributed by atoms with E-state index in [4.69, 9.17) is 4.74 Å². The van der Waals surface area contributed by atoms with Crippen LogP contribution in [0.25, 0.3) is 0 Å². The van der Waals surface area contributed by atoms with Gasteiger partial charge in [0.1, 0.15) is 0 Å². The van der Waals surface area contributed by atoms with Crippen molar-refractivity contribution in [1.29, 1.82) is 0 Å². The summed E-state index contributed by atoms with van der Waals surface area (Å²) < 4.78 is 7.82. The molecule has 1 aromatic rings. The number of rotatable bonds is 5. The minimum Gasteiger partial charge on any atom is -0.376 e. The van der Waals surface area contributed by atoms with E-state index in [1.54, 1.807) is 0 Å². The Labute approximate surface area is 103 Å². The average Bonchev–Trinajstić information content (AvgIpc) is 3.00. The second kappa shape index (κ2) is 5.19. The van der Waals surface area contributed by atoms with E-state index in [0.29, 0.717) is 0 Å². The molecule has 17 heavy (non-hydrogen) atoms. The van der Waals surface area contributed by atoms with Gasteiger partial charge in [-0.3, -0.25) is 4.68 Å². The number of nitrogens with zero attached hydrogens (tertiary/aromatic N) is 2. The van der Waals surface area contributed by atoms with Crippen molar-refractivity contribution < 1.29 is 4.74 Å². The predicted molar refractivity (Wildman–Crippen MR) is 67.9 cm³/mol. The molecule has 2 rings (SSSR count). The molecule has 1 aliphatic rings. The van der Waals surface area contributed by atoms with E-state index in [2.05, 4.69) is 23.5 Å². The fourth-order valence-electron chi connectivity index (χ4n) is 3.02. The number of ether oxygens (including phenoxy) is 1. The molecule has 0 bridgehead atoms. The summed E-state index contributed by atoms with van der Waals surface area (Å²) in [5, 5.41) is 7.77. The van der Waals surface area contributed by atoms with Gasteiger partial charge in [0.15, 0.2) is 0 Å². The molecule has 4 nitrogen and oxygen atoms in total. The topological polar surface area (TPSA) is 39.1 Å². The molecule has 1 heterocycles. The summed E-state index contributed by atoms with van der Waals surface area (Å²) in [6, 6.07) is 0.246. The normalized spacial score (nSPS) is 20.6. The lowest BCUT2D eigenvalue weighted by Crippen LogP contribution is -2.42. The Morgan fingerprint density at radius 2 is 2.24 bits per heavy atom. The van der Waals surface area contributed by atoms with Gasteiger partial charge < -0.3 is 10.1 Å². The monoisotopic (exact) mass is 237 g/mol. The number of methoxy groups -OCH3 is 1. The number of hydrogen-bond donors (Lipinski definition) is 1. The minimum atomic E-state index is -0.0453. The van der Waals surface area contributed by atoms with Crippen molar-refractivity contribution in [2.45, 2.75) is 50.8 Å². The zero-order chi connectivity index (χ0) is 12.3. The second-order valence-electron chi connectivity index (χ2n) is 4.83. The van der Waals surface area contributed by atoms with Crippen LogP contribution in [0.3, 0.4) is 0 Å². The first-order valence-corrected chi connectivity index (χ1v) is 6.50. The van der Waals surface area contributed by atoms with Gasteiger partial charge in [0.25, 0.3) is 0 Å². The van der Waals surface area contributed by atoms with E-state index < -0.39 is 0 Å². The number of aromatic nitrogens is 2. The van der Waals surface area contributed by atoms with Crippen LogP contribution in [0.2, 0.25) is 0 Å². The molecule has 0 spiro atoms. The first-order valence-electron chi connectivity index (χ1n) is 6.50. The average molecular weight is 237 g/mol. The summed E-state index contributed by atoms with van der Waals surface area (Å²) in [5.41, 5.74) is 1.19. The smallest absolute Gasteiger partial charge is 0.0873 e. The van der Waals surface area contributed by atoms with Crippen LogP contribution in [0, 0.1) is 0 Å². The molecule has 0 aliphatic heterocycles. The largest absolute Gasteiger partial charge is 0.376 e. The molecule has 1 N–H and O–H groups in total. The highest BCUT2D eigenvalue weighted by molar-refractivity contribution is 5.17. The molecular formula is C13H23N3O. The van der Waals surface area contributed by atoms with Gasteiger partial charge in [0.2, 0.25) is 0 Å². The van der Waals surface area contributed by atoms with E-state index in [1.165, 1.54) is 18.4 Å². The van der Waals surface area contributed by atoms with Gasteiger partial charge in [-0.05, 0) is 26.8 Å². The fourth-order valence-corrected chi connectivity index (χ4v) is 3.02. The van der Waals surface area contributed by atoms with Crippen LogP contribution in [-0.4, -0.2) is 29.5 Å². The number of likely N-dealkylation sites (N-methyl/N-ethyl adjacent to an activating group) is 1. The van der Waals surface area contributed by atoms with E-state index in [0.717, 1.165) is 19.4 Å². The summed E-state index contributed by atoms with van der Waals surface area (Å²) in [4.78, 5) is 0. The van der Waals surface area contributed by atoms with Crippen LogP contribution >= 0.6 is 0 Å². The lowest BCUT2D eigenvalue weighted by atomic mass is 9.88. The maximum absolute atomic E-state index is 5.85. The van der Waals surface area contributed by atoms with Crippen molar-refractivity contribution in [2.24, 2.45) is 0 Å². The van der Waals surface area contributed by atoms with Crippen molar-refractivity contribution in [3.63, 3.8) is 0 Å². The van der Waals surface area contributed by atoms with Crippen LogP contribution in [0.4, 0.5) is 0 Å². The van der Waals surface area contributed by atoms with Gasteiger partial charge in [0, 0.05) is 25.4 Å². The Balaban J connectivity index is 2.25. The Bertz CT molecular complexity index is 355. The summed E-state index contributed by atoms with van der Waals surface area (Å²) >= 11 is 0. The Morgan fingerprint density at radius 1 is 1.53 bits per heavy atom. The minimum absolute atomic E-state index is 0.0453. The molecule has 4 heteroatoms. The molecule has 0 radical (unpaired) electrons. The molecule has 0 saturated heterocycles. The maximum Gasteiger partial charge on any atom is 0.0873 e. The van der Waals surface area contributed by atoms with Crippen LogP contribution < -0.4 is 5.32 Å². The number of nitrogens with one attached hydrogen (secondary N) is 1. The first-order chi connectivity index (χ1) is 8.25. The van der Waals surface area contributed by atoms with Gasteiger partial charge in [0.05, 0.1) is 17.8 Å². The number of aryl methyl sites for hydroxylation is 1. The van der Waals surface area contributed by atoms with Crippen molar-refractivity contribution in [1.82, 2.24) is 15.1 Å². The maximum atomic E-state index is 5.85. The zero-order valence-corrected chi connectivity index (χ0v) is 11.1. The summed E-state index contributed by atoms with van der Waals surface area (Å²) in [5.74, 6) is 0. The van der Waals surface area contributed by atoms with Crippen LogP contribution in [0.15, 0.2) is 12.4 Å². The summed E-state index contributed by atoms with van der Waals surface area (Å²) in [6.45, 7) is 3.02. The van der Waals surface area contributed by atoms with E-state index in [-0.39, 0.29) is 11.6 Å². The summed E-state index contributed by atoms with van der Waals surface area (Å²) in [7, 11) is 3.84. The predicted octanol–water partition coefficient (Wildman–Crippen LogP) is 2.12. The lowest BCUT2D eigenvalue weighted by molar-refractivity contribution is -0.0349. The van der Waals surface area contributed by atoms with Crippen molar-refractivity contribution in [2.75, 3.05) is 14.2 Å². The Hall–Kier alpha value is -0.870. The van der Waals surface area contributed by atoms with Gasteiger partial charge in [-0.2, -0.15) is 5.10 Å². The van der Waals surface area contributed by atoms with Crippen molar-refractivity contribution in [3.8, 4) is 0 Å². The summed E-state index contributed by atoms with van der Waals surface area (Å²) in [6.07, 6.45) is 8.87. The zero-order valence-electron chi connectivity index (χ0n) is 11.1. The molecule has 1 fully saturated rings. The third-order valence-corrected chi connectivity index (χ3v) is 3.98. The third-order valence-electron chi connectivity index (χ3n) is 3.98. The molecular weight excluding hydrogens is 214 g/mol. The highest BCUT2D eigenvalue weighted by atomic mass is 16.5. The van der Waals surface area contributed by atoms with Gasteiger partial charge in [-0.1, -0.05) is 12.8 Å². The SMILES string of the molecule is CCn1cc(C(NC)C2(OC)CCCC2)cn1. The molecule has 0 amide bonds. The van der Waals surface area contributed by atoms with Gasteiger partial charge >= 0.3 is 0 Å². The quantitative estimate of drug-likeness (QED) is 0.852. The highest BCUT2D eigenvalue weighted by Gasteiger charge is 2.42. The first kappa shape index (κ1) is 12.6. The Morgan fingerprint density at radius 3 is 2.71 bits per heavy atom. The molecule has 1 aliphatic carbocycles. The molecule has 1 saturated carbocycles.